The van der Waals surface area contributed by atoms with Gasteiger partial charge in [0.05, 0.1) is 12.6 Å². The third kappa shape index (κ3) is 1.40. The van der Waals surface area contributed by atoms with E-state index in [4.69, 9.17) is 4.74 Å². The molecule has 2 bridgehead atoms. The number of carbonyl (C=O) groups is 1. The van der Waals surface area contributed by atoms with E-state index in [1.165, 1.54) is 0 Å². The predicted octanol–water partition coefficient (Wildman–Crippen LogP) is 0.685. The number of methoxy groups -OCH3 is 1. The van der Waals surface area contributed by atoms with Gasteiger partial charge in [-0.2, -0.15) is 0 Å². The van der Waals surface area contributed by atoms with Gasteiger partial charge in [-0.1, -0.05) is 0 Å². The molecule has 0 spiro atoms. The first-order valence-electron chi connectivity index (χ1n) is 5.02. The Kier molecular flexibility index (Phi) is 2.39. The molecule has 3 aliphatic heterocycles. The van der Waals surface area contributed by atoms with Crippen LogP contribution in [0.2, 0.25) is 0 Å². The molecular weight excluding hydrogens is 166 g/mol. The number of Topliss-reactive ketones (excluding diaryl/α,β-unsaturated/α-hetero) is 1. The first kappa shape index (κ1) is 9.16. The summed E-state index contributed by atoms with van der Waals surface area (Å²) in [5.74, 6) is 0.728. The Labute approximate surface area is 79.0 Å². The van der Waals surface area contributed by atoms with E-state index in [1.54, 1.807) is 7.11 Å². The zero-order valence-electron chi connectivity index (χ0n) is 8.32. The molecule has 3 nitrogen and oxygen atoms in total. The zero-order chi connectivity index (χ0) is 9.42. The van der Waals surface area contributed by atoms with Crippen molar-refractivity contribution < 1.29 is 9.53 Å². The van der Waals surface area contributed by atoms with Gasteiger partial charge in [-0.15, -0.1) is 0 Å². The van der Waals surface area contributed by atoms with E-state index in [1.807, 2.05) is 0 Å². The maximum Gasteiger partial charge on any atom is 0.155 e. The molecule has 3 heterocycles. The molecule has 0 amide bonds. The Morgan fingerprint density at radius 2 is 2.38 bits per heavy atom. The summed E-state index contributed by atoms with van der Waals surface area (Å²) in [5, 5.41) is 0. The fourth-order valence-electron chi connectivity index (χ4n) is 2.68. The van der Waals surface area contributed by atoms with Crippen molar-refractivity contribution in [1.29, 1.82) is 0 Å². The maximum atomic E-state index is 11.8. The lowest BCUT2D eigenvalue weighted by atomic mass is 9.78. The largest absolute Gasteiger partial charge is 0.383 e. The maximum absolute atomic E-state index is 11.8. The molecule has 13 heavy (non-hydrogen) atoms. The van der Waals surface area contributed by atoms with Gasteiger partial charge in [-0.25, -0.2) is 0 Å². The summed E-state index contributed by atoms with van der Waals surface area (Å²) in [7, 11) is 1.67. The van der Waals surface area contributed by atoms with Crippen LogP contribution < -0.4 is 0 Å². The van der Waals surface area contributed by atoms with Crippen molar-refractivity contribution in [3.63, 3.8) is 0 Å². The molecule has 3 rings (SSSR count). The summed E-state index contributed by atoms with van der Waals surface area (Å²) in [6, 6.07) is 0.615. The summed E-state index contributed by atoms with van der Waals surface area (Å²) in [4.78, 5) is 14.1. The molecular formula is C10H17NO2. The number of carbonyl (C=O) groups excluding carboxylic acids is 1. The van der Waals surface area contributed by atoms with Gasteiger partial charge in [0.25, 0.3) is 0 Å². The molecule has 4 atom stereocenters. The lowest BCUT2D eigenvalue weighted by Crippen LogP contribution is -2.60. The summed E-state index contributed by atoms with van der Waals surface area (Å²) in [6.07, 6.45) is 2.11. The molecule has 74 valence electrons. The summed E-state index contributed by atoms with van der Waals surface area (Å²) >= 11 is 0. The van der Waals surface area contributed by atoms with Crippen molar-refractivity contribution in [3.05, 3.63) is 0 Å². The standard InChI is InChI=1S/C10H17NO2/c1-7-5-8-3-4-11(7)9(6-13-2)10(8)12/h7-9H,3-6H2,1-2H3/t7-,8+,9+/m1/s1. The average Bonchev–Trinajstić information content (AvgIpc) is 2.12. The number of fused-ring (bicyclic) bond motifs is 3. The molecule has 0 aromatic rings. The van der Waals surface area contributed by atoms with Gasteiger partial charge in [0.15, 0.2) is 5.78 Å². The zero-order valence-corrected chi connectivity index (χ0v) is 8.32. The Hall–Kier alpha value is -0.410. The van der Waals surface area contributed by atoms with Gasteiger partial charge >= 0.3 is 0 Å². The third-order valence-corrected chi connectivity index (χ3v) is 3.38. The number of rotatable bonds is 2. The van der Waals surface area contributed by atoms with Gasteiger partial charge in [0, 0.05) is 19.1 Å². The van der Waals surface area contributed by atoms with Crippen LogP contribution in [0.3, 0.4) is 0 Å². The van der Waals surface area contributed by atoms with E-state index in [-0.39, 0.29) is 6.04 Å². The van der Waals surface area contributed by atoms with Gasteiger partial charge in [0.1, 0.15) is 0 Å². The van der Waals surface area contributed by atoms with Gasteiger partial charge in [-0.3, -0.25) is 9.69 Å². The van der Waals surface area contributed by atoms with Gasteiger partial charge in [0.2, 0.25) is 0 Å². The minimum Gasteiger partial charge on any atom is -0.383 e. The molecule has 3 heteroatoms. The Morgan fingerprint density at radius 3 is 3.00 bits per heavy atom. The molecule has 3 aliphatic rings. The number of piperidine rings is 3. The highest BCUT2D eigenvalue weighted by atomic mass is 16.5. The highest BCUT2D eigenvalue weighted by molar-refractivity contribution is 5.88. The van der Waals surface area contributed by atoms with Crippen molar-refractivity contribution in [2.45, 2.75) is 31.8 Å². The fraction of sp³-hybridized carbons (Fsp3) is 0.900. The van der Waals surface area contributed by atoms with Crippen LogP contribution in [0.25, 0.3) is 0 Å². The first-order valence-corrected chi connectivity index (χ1v) is 5.02. The van der Waals surface area contributed by atoms with Crippen LogP contribution in [0.5, 0.6) is 0 Å². The van der Waals surface area contributed by atoms with Gasteiger partial charge < -0.3 is 4.74 Å². The highest BCUT2D eigenvalue weighted by Gasteiger charge is 2.44. The quantitative estimate of drug-likeness (QED) is 0.630. The van der Waals surface area contributed by atoms with E-state index >= 15 is 0 Å². The lowest BCUT2D eigenvalue weighted by molar-refractivity contribution is -0.143. The van der Waals surface area contributed by atoms with Crippen LogP contribution in [-0.4, -0.2) is 43.0 Å². The summed E-state index contributed by atoms with van der Waals surface area (Å²) < 4.78 is 5.09. The molecule has 0 aromatic heterocycles. The second-order valence-electron chi connectivity index (χ2n) is 4.18. The van der Waals surface area contributed by atoms with E-state index in [0.717, 1.165) is 19.4 Å². The minimum absolute atomic E-state index is 0.0486. The Morgan fingerprint density at radius 1 is 1.62 bits per heavy atom. The Bertz CT molecular complexity index is 217. The van der Waals surface area contributed by atoms with Crippen molar-refractivity contribution in [1.82, 2.24) is 4.90 Å². The van der Waals surface area contributed by atoms with Crippen molar-refractivity contribution in [2.75, 3.05) is 20.3 Å². The van der Waals surface area contributed by atoms with Gasteiger partial charge in [-0.05, 0) is 26.3 Å². The van der Waals surface area contributed by atoms with Crippen molar-refractivity contribution in [3.8, 4) is 0 Å². The van der Waals surface area contributed by atoms with Crippen LogP contribution in [0.15, 0.2) is 0 Å². The number of ketones is 1. The molecule has 3 saturated heterocycles. The second kappa shape index (κ2) is 3.39. The normalized spacial score (nSPS) is 44.0. The van der Waals surface area contributed by atoms with E-state index < -0.39 is 0 Å². The number of hydrogen-bond donors (Lipinski definition) is 0. The first-order chi connectivity index (χ1) is 6.24. The molecule has 0 N–H and O–H groups in total. The molecule has 0 saturated carbocycles. The molecule has 0 aliphatic carbocycles. The average molecular weight is 183 g/mol. The monoisotopic (exact) mass is 183 g/mol. The Balaban J connectivity index is 2.13. The van der Waals surface area contributed by atoms with Crippen LogP contribution in [-0.2, 0) is 9.53 Å². The van der Waals surface area contributed by atoms with Crippen LogP contribution >= 0.6 is 0 Å². The van der Waals surface area contributed by atoms with Crippen LogP contribution in [0.1, 0.15) is 19.8 Å². The minimum atomic E-state index is 0.0486. The summed E-state index contributed by atoms with van der Waals surface area (Å²) in [5.41, 5.74) is 0. The fourth-order valence-corrected chi connectivity index (χ4v) is 2.68. The topological polar surface area (TPSA) is 29.5 Å². The van der Waals surface area contributed by atoms with Crippen LogP contribution in [0, 0.1) is 5.92 Å². The summed E-state index contributed by atoms with van der Waals surface area (Å²) in [6.45, 7) is 3.85. The van der Waals surface area contributed by atoms with Crippen molar-refractivity contribution >= 4 is 5.78 Å². The molecule has 0 radical (unpaired) electrons. The van der Waals surface area contributed by atoms with E-state index in [2.05, 4.69) is 11.8 Å². The predicted molar refractivity (Wildman–Crippen MR) is 49.6 cm³/mol. The smallest absolute Gasteiger partial charge is 0.155 e. The lowest BCUT2D eigenvalue weighted by Gasteiger charge is -2.48. The second-order valence-corrected chi connectivity index (χ2v) is 4.18. The van der Waals surface area contributed by atoms with E-state index in [9.17, 15) is 4.79 Å². The number of ether oxygens (including phenoxy) is 1. The molecule has 3 fully saturated rings. The SMILES string of the molecule is COC[C@H]1C(=O)[C@H]2CCN1[C@H](C)C2. The molecule has 0 aromatic carbocycles. The third-order valence-electron chi connectivity index (χ3n) is 3.38. The van der Waals surface area contributed by atoms with E-state index in [0.29, 0.717) is 24.3 Å². The highest BCUT2D eigenvalue weighted by Crippen LogP contribution is 2.33. The van der Waals surface area contributed by atoms with Crippen LogP contribution in [0.4, 0.5) is 0 Å². The van der Waals surface area contributed by atoms with Crippen molar-refractivity contribution in [2.24, 2.45) is 5.92 Å². The molecule has 1 unspecified atom stereocenters. The number of nitrogens with zero attached hydrogens (tertiary/aromatic N) is 1. The number of hydrogen-bond acceptors (Lipinski definition) is 3.